The van der Waals surface area contributed by atoms with Gasteiger partial charge in [0.25, 0.3) is 0 Å². The van der Waals surface area contributed by atoms with Crippen molar-refractivity contribution in [3.8, 4) is 5.75 Å². The van der Waals surface area contributed by atoms with Crippen LogP contribution in [-0.2, 0) is 0 Å². The van der Waals surface area contributed by atoms with Crippen molar-refractivity contribution in [3.63, 3.8) is 0 Å². The van der Waals surface area contributed by atoms with Gasteiger partial charge < -0.3 is 10.4 Å². The quantitative estimate of drug-likeness (QED) is 0.719. The van der Waals surface area contributed by atoms with Crippen LogP contribution in [0, 0.1) is 0 Å². The van der Waals surface area contributed by atoms with E-state index in [2.05, 4.69) is 26.1 Å². The molecule has 1 rings (SSSR count). The van der Waals surface area contributed by atoms with Crippen molar-refractivity contribution in [1.29, 1.82) is 0 Å². The summed E-state index contributed by atoms with van der Waals surface area (Å²) in [4.78, 5) is 0. The summed E-state index contributed by atoms with van der Waals surface area (Å²) in [5, 5.41) is 12.9. The maximum atomic E-state index is 9.68. The molecule has 0 bridgehead atoms. The van der Waals surface area contributed by atoms with E-state index >= 15 is 0 Å². The summed E-state index contributed by atoms with van der Waals surface area (Å²) in [6.45, 7) is 7.23. The van der Waals surface area contributed by atoms with E-state index in [4.69, 9.17) is 0 Å². The van der Waals surface area contributed by atoms with E-state index in [9.17, 15) is 5.11 Å². The summed E-state index contributed by atoms with van der Waals surface area (Å²) in [6.07, 6.45) is 1.04. The van der Waals surface area contributed by atoms with Crippen LogP contribution in [0.3, 0.4) is 0 Å². The Bertz CT molecular complexity index is 296. The number of anilines is 1. The molecule has 0 aromatic heterocycles. The molecule has 2 nitrogen and oxygen atoms in total. The summed E-state index contributed by atoms with van der Waals surface area (Å²) in [5.41, 5.74) is 2.12. The Balaban J connectivity index is 2.95. The number of phenols is 1. The second-order valence-electron chi connectivity index (χ2n) is 3.61. The van der Waals surface area contributed by atoms with Crippen LogP contribution >= 0.6 is 0 Å². The van der Waals surface area contributed by atoms with Crippen LogP contribution in [0.15, 0.2) is 18.2 Å². The largest absolute Gasteiger partial charge is 0.508 e. The lowest BCUT2D eigenvalue weighted by molar-refractivity contribution is 0.462. The number of benzene rings is 1. The Morgan fingerprint density at radius 3 is 2.64 bits per heavy atom. The molecule has 0 aliphatic carbocycles. The zero-order valence-electron chi connectivity index (χ0n) is 9.17. The standard InChI is InChI=1S/C12H19NO/c1-4-9(3)11-8-10(13-5-2)6-7-12(11)14/h6-9,13-14H,4-5H2,1-3H3. The molecule has 2 N–H and O–H groups in total. The smallest absolute Gasteiger partial charge is 0.119 e. The van der Waals surface area contributed by atoms with Gasteiger partial charge in [0.05, 0.1) is 0 Å². The Morgan fingerprint density at radius 1 is 1.36 bits per heavy atom. The summed E-state index contributed by atoms with van der Waals surface area (Å²) < 4.78 is 0. The monoisotopic (exact) mass is 193 g/mol. The SMILES string of the molecule is CCNc1ccc(O)c(C(C)CC)c1. The third-order valence-electron chi connectivity index (χ3n) is 2.55. The van der Waals surface area contributed by atoms with Crippen LogP contribution in [0.25, 0.3) is 0 Å². The maximum Gasteiger partial charge on any atom is 0.119 e. The molecule has 0 radical (unpaired) electrons. The topological polar surface area (TPSA) is 32.3 Å². The number of nitrogens with one attached hydrogen (secondary N) is 1. The van der Waals surface area contributed by atoms with Gasteiger partial charge >= 0.3 is 0 Å². The minimum atomic E-state index is 0.404. The average molecular weight is 193 g/mol. The molecule has 0 amide bonds. The normalized spacial score (nSPS) is 12.5. The highest BCUT2D eigenvalue weighted by Crippen LogP contribution is 2.30. The Morgan fingerprint density at radius 2 is 2.07 bits per heavy atom. The molecule has 1 aromatic carbocycles. The maximum absolute atomic E-state index is 9.68. The lowest BCUT2D eigenvalue weighted by atomic mass is 9.97. The number of hydrogen-bond donors (Lipinski definition) is 2. The fourth-order valence-corrected chi connectivity index (χ4v) is 1.48. The molecule has 78 valence electrons. The summed E-state index contributed by atoms with van der Waals surface area (Å²) in [6, 6.07) is 5.71. The second-order valence-corrected chi connectivity index (χ2v) is 3.61. The van der Waals surface area contributed by atoms with E-state index in [1.807, 2.05) is 12.1 Å². The summed E-state index contributed by atoms with van der Waals surface area (Å²) in [5.74, 6) is 0.814. The zero-order valence-corrected chi connectivity index (χ0v) is 9.17. The molecule has 0 saturated heterocycles. The van der Waals surface area contributed by atoms with E-state index in [-0.39, 0.29) is 0 Å². The van der Waals surface area contributed by atoms with Gasteiger partial charge in [0.2, 0.25) is 0 Å². The fraction of sp³-hybridized carbons (Fsp3) is 0.500. The Hall–Kier alpha value is -1.18. The highest BCUT2D eigenvalue weighted by Gasteiger charge is 2.08. The van der Waals surface area contributed by atoms with Crippen molar-refractivity contribution in [1.82, 2.24) is 0 Å². The highest BCUT2D eigenvalue weighted by atomic mass is 16.3. The van der Waals surface area contributed by atoms with Gasteiger partial charge in [-0.1, -0.05) is 13.8 Å². The number of phenolic OH excluding ortho intramolecular Hbond substituents is 1. The first-order valence-corrected chi connectivity index (χ1v) is 5.25. The third kappa shape index (κ3) is 2.41. The van der Waals surface area contributed by atoms with Crippen LogP contribution in [0.1, 0.15) is 38.7 Å². The van der Waals surface area contributed by atoms with Crippen LogP contribution in [0.4, 0.5) is 5.69 Å². The van der Waals surface area contributed by atoms with Crippen molar-refractivity contribution >= 4 is 5.69 Å². The molecule has 1 atom stereocenters. The van der Waals surface area contributed by atoms with E-state index in [0.29, 0.717) is 11.7 Å². The molecule has 0 saturated carbocycles. The minimum absolute atomic E-state index is 0.404. The molecule has 14 heavy (non-hydrogen) atoms. The molecular formula is C12H19NO. The predicted octanol–water partition coefficient (Wildman–Crippen LogP) is 3.34. The van der Waals surface area contributed by atoms with Crippen molar-refractivity contribution in [2.45, 2.75) is 33.1 Å². The van der Waals surface area contributed by atoms with Gasteiger partial charge in [-0.3, -0.25) is 0 Å². The van der Waals surface area contributed by atoms with E-state index in [0.717, 1.165) is 24.2 Å². The van der Waals surface area contributed by atoms with Crippen LogP contribution in [0.2, 0.25) is 0 Å². The lowest BCUT2D eigenvalue weighted by Gasteiger charge is -2.13. The van der Waals surface area contributed by atoms with E-state index < -0.39 is 0 Å². The summed E-state index contributed by atoms with van der Waals surface area (Å²) >= 11 is 0. The molecule has 1 aromatic rings. The molecule has 2 heteroatoms. The molecule has 0 spiro atoms. The van der Waals surface area contributed by atoms with Gasteiger partial charge in [-0.25, -0.2) is 0 Å². The van der Waals surface area contributed by atoms with Crippen LogP contribution in [0.5, 0.6) is 5.75 Å². The van der Waals surface area contributed by atoms with Gasteiger partial charge in [0.1, 0.15) is 5.75 Å². The van der Waals surface area contributed by atoms with Crippen molar-refractivity contribution in [2.75, 3.05) is 11.9 Å². The fourth-order valence-electron chi connectivity index (χ4n) is 1.48. The molecule has 0 fully saturated rings. The first-order chi connectivity index (χ1) is 6.69. The van der Waals surface area contributed by atoms with Gasteiger partial charge in [-0.2, -0.15) is 0 Å². The Kier molecular flexibility index (Phi) is 3.81. The summed E-state index contributed by atoms with van der Waals surface area (Å²) in [7, 11) is 0. The van der Waals surface area contributed by atoms with E-state index in [1.54, 1.807) is 6.07 Å². The van der Waals surface area contributed by atoms with Crippen molar-refractivity contribution in [2.24, 2.45) is 0 Å². The van der Waals surface area contributed by atoms with E-state index in [1.165, 1.54) is 0 Å². The second kappa shape index (κ2) is 4.89. The molecular weight excluding hydrogens is 174 g/mol. The molecule has 1 unspecified atom stereocenters. The minimum Gasteiger partial charge on any atom is -0.508 e. The zero-order chi connectivity index (χ0) is 10.6. The van der Waals surface area contributed by atoms with Crippen molar-refractivity contribution in [3.05, 3.63) is 23.8 Å². The lowest BCUT2D eigenvalue weighted by Crippen LogP contribution is -1.99. The van der Waals surface area contributed by atoms with Gasteiger partial charge in [0, 0.05) is 12.2 Å². The van der Waals surface area contributed by atoms with Gasteiger partial charge in [-0.15, -0.1) is 0 Å². The number of hydrogen-bond acceptors (Lipinski definition) is 2. The van der Waals surface area contributed by atoms with Gasteiger partial charge in [-0.05, 0) is 43.0 Å². The molecule has 0 aliphatic rings. The average Bonchev–Trinajstić information content (AvgIpc) is 2.20. The van der Waals surface area contributed by atoms with Gasteiger partial charge in [0.15, 0.2) is 0 Å². The Labute approximate surface area is 86.0 Å². The predicted molar refractivity (Wildman–Crippen MR) is 61.0 cm³/mol. The third-order valence-corrected chi connectivity index (χ3v) is 2.55. The number of aromatic hydroxyl groups is 1. The first-order valence-electron chi connectivity index (χ1n) is 5.25. The number of rotatable bonds is 4. The first kappa shape index (κ1) is 10.9. The highest BCUT2D eigenvalue weighted by molar-refractivity contribution is 5.51. The molecule has 0 aliphatic heterocycles. The molecule has 0 heterocycles. The van der Waals surface area contributed by atoms with Crippen molar-refractivity contribution < 1.29 is 5.11 Å². The van der Waals surface area contributed by atoms with Crippen LogP contribution < -0.4 is 5.32 Å². The van der Waals surface area contributed by atoms with Crippen LogP contribution in [-0.4, -0.2) is 11.7 Å².